The molecule has 0 N–H and O–H groups in total. The highest BCUT2D eigenvalue weighted by molar-refractivity contribution is 5.81. The summed E-state index contributed by atoms with van der Waals surface area (Å²) in [7, 11) is 0. The molecule has 1 aliphatic rings. The van der Waals surface area contributed by atoms with Gasteiger partial charge in [-0.05, 0) is 22.6 Å². The monoisotopic (exact) mass is 294 g/mol. The van der Waals surface area contributed by atoms with Gasteiger partial charge >= 0.3 is 0 Å². The van der Waals surface area contributed by atoms with E-state index in [4.69, 9.17) is 0 Å². The minimum atomic E-state index is 0.256. The number of pyridine rings is 1. The summed E-state index contributed by atoms with van der Waals surface area (Å²) in [6.45, 7) is 0. The molecule has 3 aromatic carbocycles. The van der Waals surface area contributed by atoms with Gasteiger partial charge < -0.3 is 0 Å². The average molecular weight is 294 g/mol. The lowest BCUT2D eigenvalue weighted by molar-refractivity contribution is -0.702. The minimum Gasteiger partial charge on any atom is -0.193 e. The van der Waals surface area contributed by atoms with E-state index in [9.17, 15) is 0 Å². The summed E-state index contributed by atoms with van der Waals surface area (Å²) >= 11 is 0. The van der Waals surface area contributed by atoms with Gasteiger partial charge in [0.25, 0.3) is 0 Å². The Morgan fingerprint density at radius 3 is 1.83 bits per heavy atom. The molecule has 1 aliphatic carbocycles. The zero-order chi connectivity index (χ0) is 15.2. The molecule has 1 heteroatoms. The summed E-state index contributed by atoms with van der Waals surface area (Å²) in [6.07, 6.45) is 4.46. The van der Waals surface area contributed by atoms with E-state index in [2.05, 4.69) is 95.8 Å². The predicted octanol–water partition coefficient (Wildman–Crippen LogP) is 4.75. The van der Waals surface area contributed by atoms with Gasteiger partial charge in [-0.3, -0.25) is 0 Å². The van der Waals surface area contributed by atoms with Crippen LogP contribution in [0.4, 0.5) is 0 Å². The van der Waals surface area contributed by atoms with Gasteiger partial charge in [0, 0.05) is 22.6 Å². The van der Waals surface area contributed by atoms with Crippen molar-refractivity contribution in [3.63, 3.8) is 0 Å². The molecule has 5 rings (SSSR count). The van der Waals surface area contributed by atoms with E-state index < -0.39 is 0 Å². The standard InChI is InChI=1S/C22H16N/c1-2-8-17-15-23(14-13-16(17)7-1)22-20-11-5-3-9-18(20)19-10-4-6-12-21(19)22/h1-15,22H/q+1. The first-order valence-electron chi connectivity index (χ1n) is 7.99. The molecular formula is C22H16N+. The normalized spacial score (nSPS) is 13.0. The predicted molar refractivity (Wildman–Crippen MR) is 93.3 cm³/mol. The molecule has 1 nitrogen and oxygen atoms in total. The van der Waals surface area contributed by atoms with E-state index >= 15 is 0 Å². The largest absolute Gasteiger partial charge is 0.210 e. The number of hydrogen-bond donors (Lipinski definition) is 0. The van der Waals surface area contributed by atoms with Gasteiger partial charge in [-0.2, -0.15) is 4.57 Å². The number of rotatable bonds is 1. The van der Waals surface area contributed by atoms with Crippen LogP contribution in [0.5, 0.6) is 0 Å². The number of fused-ring (bicyclic) bond motifs is 4. The molecule has 108 valence electrons. The van der Waals surface area contributed by atoms with E-state index in [0.717, 1.165) is 0 Å². The second kappa shape index (κ2) is 4.79. The van der Waals surface area contributed by atoms with Crippen LogP contribution >= 0.6 is 0 Å². The van der Waals surface area contributed by atoms with E-state index in [1.54, 1.807) is 0 Å². The van der Waals surface area contributed by atoms with Gasteiger partial charge in [0.15, 0.2) is 12.4 Å². The molecule has 0 saturated heterocycles. The fourth-order valence-electron chi connectivity index (χ4n) is 3.76. The molecular weight excluding hydrogens is 278 g/mol. The van der Waals surface area contributed by atoms with Crippen molar-refractivity contribution in [1.82, 2.24) is 0 Å². The fourth-order valence-corrected chi connectivity index (χ4v) is 3.76. The van der Waals surface area contributed by atoms with Crippen molar-refractivity contribution in [2.75, 3.05) is 0 Å². The molecule has 1 heterocycles. The van der Waals surface area contributed by atoms with Crippen LogP contribution < -0.4 is 4.57 Å². The van der Waals surface area contributed by atoms with Crippen molar-refractivity contribution in [3.8, 4) is 11.1 Å². The first-order valence-corrected chi connectivity index (χ1v) is 7.99. The highest BCUT2D eigenvalue weighted by atomic mass is 15.0. The maximum atomic E-state index is 2.34. The number of hydrogen-bond acceptors (Lipinski definition) is 0. The van der Waals surface area contributed by atoms with Crippen molar-refractivity contribution in [2.24, 2.45) is 0 Å². The Labute approximate surface area is 135 Å². The van der Waals surface area contributed by atoms with Crippen LogP contribution in [0.3, 0.4) is 0 Å². The molecule has 0 fully saturated rings. The van der Waals surface area contributed by atoms with Crippen molar-refractivity contribution in [2.45, 2.75) is 6.04 Å². The second-order valence-electron chi connectivity index (χ2n) is 6.10. The summed E-state index contributed by atoms with van der Waals surface area (Å²) in [6, 6.07) is 28.5. The maximum absolute atomic E-state index is 2.34. The number of benzene rings is 3. The van der Waals surface area contributed by atoms with Gasteiger partial charge in [0.2, 0.25) is 6.04 Å². The Morgan fingerprint density at radius 2 is 1.13 bits per heavy atom. The van der Waals surface area contributed by atoms with Crippen LogP contribution in [0, 0.1) is 0 Å². The van der Waals surface area contributed by atoms with Crippen molar-refractivity contribution < 1.29 is 4.57 Å². The highest BCUT2D eigenvalue weighted by Crippen LogP contribution is 2.42. The molecule has 23 heavy (non-hydrogen) atoms. The molecule has 1 aromatic heterocycles. The molecule has 0 atom stereocenters. The summed E-state index contributed by atoms with van der Waals surface area (Å²) in [4.78, 5) is 0. The minimum absolute atomic E-state index is 0.256. The Kier molecular flexibility index (Phi) is 2.62. The van der Waals surface area contributed by atoms with Crippen LogP contribution in [0.2, 0.25) is 0 Å². The van der Waals surface area contributed by atoms with Crippen LogP contribution in [0.1, 0.15) is 17.2 Å². The SMILES string of the molecule is c1ccc2c(c1)-c1ccccc1C2[n+]1ccc2ccccc2c1. The molecule has 0 saturated carbocycles. The van der Waals surface area contributed by atoms with Crippen LogP contribution in [0.25, 0.3) is 21.9 Å². The molecule has 0 amide bonds. The summed E-state index contributed by atoms with van der Waals surface area (Å²) < 4.78 is 2.34. The van der Waals surface area contributed by atoms with Crippen molar-refractivity contribution >= 4 is 10.8 Å². The van der Waals surface area contributed by atoms with Gasteiger partial charge in [0.05, 0.1) is 0 Å². The van der Waals surface area contributed by atoms with Crippen LogP contribution in [-0.4, -0.2) is 0 Å². The van der Waals surface area contributed by atoms with E-state index in [0.29, 0.717) is 0 Å². The third-order valence-electron chi connectivity index (χ3n) is 4.81. The molecule has 0 bridgehead atoms. The maximum Gasteiger partial charge on any atom is 0.210 e. The van der Waals surface area contributed by atoms with E-state index in [1.165, 1.54) is 33.0 Å². The van der Waals surface area contributed by atoms with Gasteiger partial charge in [-0.15, -0.1) is 0 Å². The van der Waals surface area contributed by atoms with Crippen molar-refractivity contribution in [1.29, 1.82) is 0 Å². The topological polar surface area (TPSA) is 3.88 Å². The quantitative estimate of drug-likeness (QED) is 0.393. The second-order valence-corrected chi connectivity index (χ2v) is 6.10. The summed E-state index contributed by atoms with van der Waals surface area (Å²) in [5, 5.41) is 2.56. The zero-order valence-corrected chi connectivity index (χ0v) is 12.7. The number of nitrogens with zero attached hydrogens (tertiary/aromatic N) is 1. The Balaban J connectivity index is 1.78. The van der Waals surface area contributed by atoms with E-state index in [-0.39, 0.29) is 6.04 Å². The fraction of sp³-hybridized carbons (Fsp3) is 0.0455. The smallest absolute Gasteiger partial charge is 0.193 e. The number of aromatic nitrogens is 1. The molecule has 0 unspecified atom stereocenters. The highest BCUT2D eigenvalue weighted by Gasteiger charge is 2.34. The first kappa shape index (κ1) is 12.6. The third-order valence-corrected chi connectivity index (χ3v) is 4.81. The molecule has 0 spiro atoms. The van der Waals surface area contributed by atoms with Crippen LogP contribution in [0.15, 0.2) is 91.3 Å². The lowest BCUT2D eigenvalue weighted by Crippen LogP contribution is -2.39. The molecule has 0 aliphatic heterocycles. The Bertz CT molecular complexity index is 987. The van der Waals surface area contributed by atoms with Gasteiger partial charge in [-0.1, -0.05) is 66.7 Å². The summed E-state index contributed by atoms with van der Waals surface area (Å²) in [5.41, 5.74) is 5.48. The first-order chi connectivity index (χ1) is 11.4. The van der Waals surface area contributed by atoms with Gasteiger partial charge in [-0.25, -0.2) is 0 Å². The Hall–Kier alpha value is -2.93. The molecule has 0 radical (unpaired) electrons. The summed E-state index contributed by atoms with van der Waals surface area (Å²) in [5.74, 6) is 0. The lowest BCUT2D eigenvalue weighted by Gasteiger charge is -2.09. The molecule has 4 aromatic rings. The zero-order valence-electron chi connectivity index (χ0n) is 12.7. The van der Waals surface area contributed by atoms with E-state index in [1.807, 2.05) is 0 Å². The third kappa shape index (κ3) is 1.83. The van der Waals surface area contributed by atoms with Crippen molar-refractivity contribution in [3.05, 3.63) is 102 Å². The Morgan fingerprint density at radius 1 is 0.565 bits per heavy atom. The van der Waals surface area contributed by atoms with Gasteiger partial charge in [0.1, 0.15) is 0 Å². The average Bonchev–Trinajstić information content (AvgIpc) is 2.96. The lowest BCUT2D eigenvalue weighted by atomic mass is 10.0. The van der Waals surface area contributed by atoms with Crippen LogP contribution in [-0.2, 0) is 0 Å².